The van der Waals surface area contributed by atoms with Crippen LogP contribution in [0.3, 0.4) is 0 Å². The van der Waals surface area contributed by atoms with Crippen molar-refractivity contribution in [2.45, 2.75) is 12.6 Å². The minimum absolute atomic E-state index is 0.976. The van der Waals surface area contributed by atoms with Gasteiger partial charge in [-0.15, -0.1) is 0 Å². The van der Waals surface area contributed by atoms with Gasteiger partial charge in [0.05, 0.1) is 12.5 Å². The van der Waals surface area contributed by atoms with Crippen molar-refractivity contribution in [1.29, 1.82) is 0 Å². The summed E-state index contributed by atoms with van der Waals surface area (Å²) in [5.74, 6) is -3.30. The van der Waals surface area contributed by atoms with Crippen LogP contribution in [-0.4, -0.2) is 29.0 Å². The average Bonchev–Trinajstić information content (AvgIpc) is 1.97. The second kappa shape index (κ2) is 4.27. The standard InChI is InChI=1S/C5H8F3NO3/c6-5(7,8)3(2-10)1-4(11)9-12/h3,10,12H,1-2H2,(H,9,11). The fraction of sp³-hybridized carbons (Fsp3) is 0.800. The minimum atomic E-state index is -4.62. The van der Waals surface area contributed by atoms with Gasteiger partial charge >= 0.3 is 6.18 Å². The van der Waals surface area contributed by atoms with Crippen LogP contribution in [0, 0.1) is 5.92 Å². The molecule has 12 heavy (non-hydrogen) atoms. The molecular formula is C5H8F3NO3. The monoisotopic (exact) mass is 187 g/mol. The summed E-state index contributed by atoms with van der Waals surface area (Å²) in [5.41, 5.74) is 1.05. The summed E-state index contributed by atoms with van der Waals surface area (Å²) < 4.78 is 35.4. The van der Waals surface area contributed by atoms with Crippen molar-refractivity contribution < 1.29 is 28.3 Å². The molecule has 0 saturated carbocycles. The van der Waals surface area contributed by atoms with E-state index in [1.54, 1.807) is 0 Å². The first-order valence-corrected chi connectivity index (χ1v) is 3.02. The number of aliphatic hydroxyl groups excluding tert-OH is 1. The number of hydrogen-bond acceptors (Lipinski definition) is 3. The van der Waals surface area contributed by atoms with Crippen LogP contribution in [0.15, 0.2) is 0 Å². The summed E-state index contributed by atoms with van der Waals surface area (Å²) >= 11 is 0. The Morgan fingerprint density at radius 3 is 2.25 bits per heavy atom. The SMILES string of the molecule is O=C(CC(CO)C(F)(F)F)NO. The van der Waals surface area contributed by atoms with E-state index in [0.717, 1.165) is 5.48 Å². The Morgan fingerprint density at radius 2 is 2.00 bits per heavy atom. The van der Waals surface area contributed by atoms with Gasteiger partial charge in [0.1, 0.15) is 0 Å². The number of rotatable bonds is 3. The lowest BCUT2D eigenvalue weighted by molar-refractivity contribution is -0.188. The maximum absolute atomic E-state index is 11.8. The summed E-state index contributed by atoms with van der Waals surface area (Å²) in [6.45, 7) is -1.17. The zero-order valence-corrected chi connectivity index (χ0v) is 5.93. The molecule has 0 bridgehead atoms. The molecule has 0 aliphatic rings. The van der Waals surface area contributed by atoms with Crippen LogP contribution in [0.1, 0.15) is 6.42 Å². The number of halogens is 3. The third kappa shape index (κ3) is 3.54. The molecule has 1 atom stereocenters. The van der Waals surface area contributed by atoms with Gasteiger partial charge in [-0.05, 0) is 0 Å². The van der Waals surface area contributed by atoms with E-state index in [1.165, 1.54) is 0 Å². The molecule has 0 saturated heterocycles. The number of hydroxylamine groups is 1. The third-order valence-electron chi connectivity index (χ3n) is 1.24. The molecule has 0 radical (unpaired) electrons. The van der Waals surface area contributed by atoms with E-state index in [-0.39, 0.29) is 0 Å². The number of carbonyl (C=O) groups excluding carboxylic acids is 1. The van der Waals surface area contributed by atoms with Crippen molar-refractivity contribution in [3.05, 3.63) is 0 Å². The summed E-state index contributed by atoms with van der Waals surface area (Å²) in [5, 5.41) is 16.1. The highest BCUT2D eigenvalue weighted by molar-refractivity contribution is 5.74. The number of hydrogen-bond donors (Lipinski definition) is 3. The smallest absolute Gasteiger partial charge is 0.394 e. The van der Waals surface area contributed by atoms with E-state index in [4.69, 9.17) is 10.3 Å². The van der Waals surface area contributed by atoms with E-state index in [2.05, 4.69) is 0 Å². The van der Waals surface area contributed by atoms with Gasteiger partial charge in [0.2, 0.25) is 5.91 Å². The Morgan fingerprint density at radius 1 is 1.50 bits per heavy atom. The van der Waals surface area contributed by atoms with Gasteiger partial charge in [0.15, 0.2) is 0 Å². The molecule has 1 unspecified atom stereocenters. The summed E-state index contributed by atoms with van der Waals surface area (Å²) in [4.78, 5) is 10.3. The maximum Gasteiger partial charge on any atom is 0.394 e. The molecule has 4 nitrogen and oxygen atoms in total. The van der Waals surface area contributed by atoms with Gasteiger partial charge in [0.25, 0.3) is 0 Å². The van der Waals surface area contributed by atoms with E-state index >= 15 is 0 Å². The second-order valence-corrected chi connectivity index (χ2v) is 2.16. The molecule has 0 heterocycles. The molecule has 0 aromatic carbocycles. The fourth-order valence-electron chi connectivity index (χ4n) is 0.553. The van der Waals surface area contributed by atoms with Crippen LogP contribution in [-0.2, 0) is 4.79 Å². The number of nitrogens with one attached hydrogen (secondary N) is 1. The first-order valence-electron chi connectivity index (χ1n) is 3.02. The van der Waals surface area contributed by atoms with Crippen LogP contribution >= 0.6 is 0 Å². The van der Waals surface area contributed by atoms with E-state index in [0.29, 0.717) is 0 Å². The van der Waals surface area contributed by atoms with Crippen LogP contribution in [0.4, 0.5) is 13.2 Å². The summed E-state index contributed by atoms with van der Waals surface area (Å²) in [6.07, 6.45) is -5.60. The van der Waals surface area contributed by atoms with Crippen LogP contribution < -0.4 is 5.48 Å². The maximum atomic E-state index is 11.8. The van der Waals surface area contributed by atoms with Crippen molar-refractivity contribution in [1.82, 2.24) is 5.48 Å². The first kappa shape index (κ1) is 11.2. The zero-order valence-electron chi connectivity index (χ0n) is 5.93. The van der Waals surface area contributed by atoms with Crippen molar-refractivity contribution in [2.75, 3.05) is 6.61 Å². The molecule has 3 N–H and O–H groups in total. The lowest BCUT2D eigenvalue weighted by Crippen LogP contribution is -2.32. The van der Waals surface area contributed by atoms with Crippen molar-refractivity contribution in [2.24, 2.45) is 5.92 Å². The van der Waals surface area contributed by atoms with Gasteiger partial charge in [-0.1, -0.05) is 0 Å². The number of amides is 1. The predicted molar refractivity (Wildman–Crippen MR) is 31.2 cm³/mol. The Labute approximate surface area is 65.9 Å². The van der Waals surface area contributed by atoms with Crippen molar-refractivity contribution >= 4 is 5.91 Å². The predicted octanol–water partition coefficient (Wildman–Crippen LogP) is 0.0527. The van der Waals surface area contributed by atoms with Crippen LogP contribution in [0.25, 0.3) is 0 Å². The van der Waals surface area contributed by atoms with E-state index in [1.807, 2.05) is 0 Å². The summed E-state index contributed by atoms with van der Waals surface area (Å²) in [6, 6.07) is 0. The van der Waals surface area contributed by atoms with E-state index < -0.39 is 31.0 Å². The lowest BCUT2D eigenvalue weighted by Gasteiger charge is -2.15. The molecule has 72 valence electrons. The highest BCUT2D eigenvalue weighted by atomic mass is 19.4. The number of alkyl halides is 3. The van der Waals surface area contributed by atoms with Crippen LogP contribution in [0.5, 0.6) is 0 Å². The largest absolute Gasteiger partial charge is 0.396 e. The van der Waals surface area contributed by atoms with Gasteiger partial charge in [0, 0.05) is 6.42 Å². The molecule has 0 aromatic heterocycles. The molecule has 0 fully saturated rings. The van der Waals surface area contributed by atoms with Gasteiger partial charge in [-0.3, -0.25) is 10.0 Å². The molecule has 0 aliphatic heterocycles. The lowest BCUT2D eigenvalue weighted by atomic mass is 10.1. The quantitative estimate of drug-likeness (QED) is 0.432. The third-order valence-corrected chi connectivity index (χ3v) is 1.24. The fourth-order valence-corrected chi connectivity index (χ4v) is 0.553. The molecule has 7 heteroatoms. The molecule has 0 rings (SSSR count). The minimum Gasteiger partial charge on any atom is -0.396 e. The second-order valence-electron chi connectivity index (χ2n) is 2.16. The Hall–Kier alpha value is -0.820. The van der Waals surface area contributed by atoms with Crippen LogP contribution in [0.2, 0.25) is 0 Å². The molecule has 0 aromatic rings. The highest BCUT2D eigenvalue weighted by Gasteiger charge is 2.40. The zero-order chi connectivity index (χ0) is 9.78. The Balaban J connectivity index is 4.09. The Kier molecular flexibility index (Phi) is 3.98. The van der Waals surface area contributed by atoms with E-state index in [9.17, 15) is 18.0 Å². The molecular weight excluding hydrogens is 179 g/mol. The number of aliphatic hydroxyl groups is 1. The first-order chi connectivity index (χ1) is 5.41. The van der Waals surface area contributed by atoms with Gasteiger partial charge < -0.3 is 5.11 Å². The topological polar surface area (TPSA) is 69.6 Å². The highest BCUT2D eigenvalue weighted by Crippen LogP contribution is 2.28. The van der Waals surface area contributed by atoms with Crippen molar-refractivity contribution in [3.8, 4) is 0 Å². The van der Waals surface area contributed by atoms with Gasteiger partial charge in [-0.2, -0.15) is 13.2 Å². The normalized spacial score (nSPS) is 14.1. The molecule has 0 spiro atoms. The average molecular weight is 187 g/mol. The molecule has 0 aliphatic carbocycles. The number of carbonyl (C=O) groups is 1. The summed E-state index contributed by atoms with van der Waals surface area (Å²) in [7, 11) is 0. The van der Waals surface area contributed by atoms with Gasteiger partial charge in [-0.25, -0.2) is 5.48 Å². The molecule has 1 amide bonds. The Bertz CT molecular complexity index is 159. The van der Waals surface area contributed by atoms with Crippen molar-refractivity contribution in [3.63, 3.8) is 0 Å².